The second kappa shape index (κ2) is 6.43. The van der Waals surface area contributed by atoms with Gasteiger partial charge in [-0.25, -0.2) is 4.79 Å². The van der Waals surface area contributed by atoms with Crippen LogP contribution in [0.15, 0.2) is 24.3 Å². The summed E-state index contributed by atoms with van der Waals surface area (Å²) in [4.78, 5) is 23.9. The van der Waals surface area contributed by atoms with Gasteiger partial charge in [0.2, 0.25) is 0 Å². The Morgan fingerprint density at radius 3 is 2.48 bits per heavy atom. The molecular formula is C18H21NO4. The number of aliphatic carboxylic acids is 1. The number of nitrogens with one attached hydrogen (secondary N) is 1. The molecule has 5 heteroatoms. The summed E-state index contributed by atoms with van der Waals surface area (Å²) in [5, 5.41) is 21.7. The number of rotatable bonds is 3. The molecule has 0 unspecified atom stereocenters. The summed E-state index contributed by atoms with van der Waals surface area (Å²) >= 11 is 0. The van der Waals surface area contributed by atoms with Gasteiger partial charge in [0.15, 0.2) is 0 Å². The number of hydrogen-bond donors (Lipinski definition) is 3. The molecule has 0 aromatic heterocycles. The minimum atomic E-state index is -1.16. The molecule has 1 saturated carbocycles. The van der Waals surface area contributed by atoms with Crippen LogP contribution in [0.2, 0.25) is 0 Å². The molecule has 1 amide bonds. The molecule has 0 aliphatic heterocycles. The lowest BCUT2D eigenvalue weighted by Gasteiger charge is -2.25. The summed E-state index contributed by atoms with van der Waals surface area (Å²) in [6.45, 7) is 3.15. The van der Waals surface area contributed by atoms with Gasteiger partial charge in [0, 0.05) is 11.1 Å². The van der Waals surface area contributed by atoms with Crippen molar-refractivity contribution < 1.29 is 19.8 Å². The zero-order valence-corrected chi connectivity index (χ0v) is 13.3. The maximum absolute atomic E-state index is 12.4. The first-order chi connectivity index (χ1) is 10.7. The summed E-state index contributed by atoms with van der Waals surface area (Å²) in [5.74, 6) is 4.09. The average molecular weight is 315 g/mol. The maximum Gasteiger partial charge on any atom is 0.329 e. The van der Waals surface area contributed by atoms with Gasteiger partial charge in [-0.2, -0.15) is 0 Å². The number of carbonyl (C=O) groups is 2. The van der Waals surface area contributed by atoms with E-state index in [0.29, 0.717) is 24.0 Å². The van der Waals surface area contributed by atoms with Crippen molar-refractivity contribution >= 4 is 11.9 Å². The van der Waals surface area contributed by atoms with Gasteiger partial charge in [-0.15, -0.1) is 0 Å². The zero-order chi connectivity index (χ0) is 17.1. The van der Waals surface area contributed by atoms with E-state index in [0.717, 1.165) is 12.8 Å². The fourth-order valence-corrected chi connectivity index (χ4v) is 2.62. The van der Waals surface area contributed by atoms with Crippen LogP contribution in [-0.2, 0) is 4.79 Å². The van der Waals surface area contributed by atoms with Crippen molar-refractivity contribution in [3.05, 3.63) is 35.4 Å². The first kappa shape index (κ1) is 17.0. The maximum atomic E-state index is 12.4. The molecule has 3 N–H and O–H groups in total. The molecule has 0 saturated heterocycles. The topological polar surface area (TPSA) is 86.6 Å². The van der Waals surface area contributed by atoms with Crippen molar-refractivity contribution in [2.45, 2.75) is 50.7 Å². The van der Waals surface area contributed by atoms with Gasteiger partial charge in [0.1, 0.15) is 11.1 Å². The van der Waals surface area contributed by atoms with Gasteiger partial charge < -0.3 is 15.5 Å². The number of benzene rings is 1. The van der Waals surface area contributed by atoms with Crippen molar-refractivity contribution in [1.82, 2.24) is 5.32 Å². The number of amides is 1. The predicted molar refractivity (Wildman–Crippen MR) is 85.9 cm³/mol. The molecular weight excluding hydrogens is 294 g/mol. The highest BCUT2D eigenvalue weighted by molar-refractivity contribution is 5.98. The Morgan fingerprint density at radius 1 is 1.26 bits per heavy atom. The van der Waals surface area contributed by atoms with Gasteiger partial charge in [-0.05, 0) is 44.9 Å². The number of carboxylic acids is 1. The number of hydrogen-bond acceptors (Lipinski definition) is 3. The first-order valence-electron chi connectivity index (χ1n) is 7.63. The molecule has 5 nitrogen and oxygen atoms in total. The second-order valence-corrected chi connectivity index (χ2v) is 6.44. The molecule has 0 spiro atoms. The molecule has 1 aromatic rings. The van der Waals surface area contributed by atoms with Crippen molar-refractivity contribution in [3.63, 3.8) is 0 Å². The quantitative estimate of drug-likeness (QED) is 0.744. The molecule has 1 aromatic carbocycles. The van der Waals surface area contributed by atoms with Crippen LogP contribution in [0.1, 0.15) is 55.5 Å². The Labute approximate surface area is 135 Å². The third-order valence-electron chi connectivity index (χ3n) is 3.86. The van der Waals surface area contributed by atoms with E-state index in [2.05, 4.69) is 17.2 Å². The summed E-state index contributed by atoms with van der Waals surface area (Å²) in [7, 11) is 0. The minimum absolute atomic E-state index is 0.361. The van der Waals surface area contributed by atoms with Crippen LogP contribution in [0.25, 0.3) is 0 Å². The number of carbonyl (C=O) groups excluding carboxylic acids is 1. The van der Waals surface area contributed by atoms with E-state index < -0.39 is 23.0 Å². The van der Waals surface area contributed by atoms with E-state index in [9.17, 15) is 19.8 Å². The van der Waals surface area contributed by atoms with Gasteiger partial charge in [-0.3, -0.25) is 4.79 Å². The highest BCUT2D eigenvalue weighted by Crippen LogP contribution is 2.30. The molecule has 23 heavy (non-hydrogen) atoms. The average Bonchev–Trinajstić information content (AvgIpc) is 2.94. The van der Waals surface area contributed by atoms with E-state index in [1.807, 2.05) is 0 Å². The Bertz CT molecular complexity index is 670. The molecule has 0 atom stereocenters. The molecule has 1 fully saturated rings. The lowest BCUT2D eigenvalue weighted by Crippen LogP contribution is -2.52. The lowest BCUT2D eigenvalue weighted by molar-refractivity contribution is -0.144. The molecule has 2 rings (SSSR count). The Kier molecular flexibility index (Phi) is 4.76. The molecule has 0 radical (unpaired) electrons. The van der Waals surface area contributed by atoms with Crippen molar-refractivity contribution in [3.8, 4) is 11.8 Å². The van der Waals surface area contributed by atoms with Crippen LogP contribution in [-0.4, -0.2) is 33.2 Å². The molecule has 122 valence electrons. The van der Waals surface area contributed by atoms with Crippen molar-refractivity contribution in [1.29, 1.82) is 0 Å². The third kappa shape index (κ3) is 4.33. The van der Waals surface area contributed by atoms with Gasteiger partial charge in [0.05, 0.1) is 0 Å². The summed E-state index contributed by atoms with van der Waals surface area (Å²) in [6.07, 6.45) is 2.49. The van der Waals surface area contributed by atoms with E-state index in [-0.39, 0.29) is 0 Å². The molecule has 1 aliphatic carbocycles. The Balaban J connectivity index is 2.19. The smallest absolute Gasteiger partial charge is 0.329 e. The van der Waals surface area contributed by atoms with Gasteiger partial charge >= 0.3 is 5.97 Å². The van der Waals surface area contributed by atoms with Crippen LogP contribution in [0.3, 0.4) is 0 Å². The minimum Gasteiger partial charge on any atom is -0.480 e. The highest BCUT2D eigenvalue weighted by atomic mass is 16.4. The van der Waals surface area contributed by atoms with E-state index in [4.69, 9.17) is 0 Å². The second-order valence-electron chi connectivity index (χ2n) is 6.44. The molecule has 0 bridgehead atoms. The largest absolute Gasteiger partial charge is 0.480 e. The Morgan fingerprint density at radius 2 is 1.91 bits per heavy atom. The highest BCUT2D eigenvalue weighted by Gasteiger charge is 2.42. The molecule has 0 heterocycles. The fourth-order valence-electron chi connectivity index (χ4n) is 2.62. The molecule has 1 aliphatic rings. The van der Waals surface area contributed by atoms with E-state index >= 15 is 0 Å². The zero-order valence-electron chi connectivity index (χ0n) is 13.3. The number of carboxylic acid groups (broad SMARTS) is 1. The lowest BCUT2D eigenvalue weighted by atomic mass is 9.97. The van der Waals surface area contributed by atoms with Gasteiger partial charge in [0.25, 0.3) is 5.91 Å². The number of aliphatic hydroxyl groups is 1. The summed E-state index contributed by atoms with van der Waals surface area (Å²) in [5.41, 5.74) is -1.32. The predicted octanol–water partition coefficient (Wildman–Crippen LogP) is 1.94. The SMILES string of the molecule is CC(C)(O)C#Cc1cccc(C(=O)NC2(C(=O)O)CCCC2)c1. The van der Waals surface area contributed by atoms with E-state index in [1.165, 1.54) is 0 Å². The standard InChI is InChI=1S/C18H21NO4/c1-17(2,23)11-8-13-6-5-7-14(12-13)15(20)19-18(16(21)22)9-3-4-10-18/h5-7,12,23H,3-4,9-10H2,1-2H3,(H,19,20)(H,21,22). The van der Waals surface area contributed by atoms with Crippen molar-refractivity contribution in [2.75, 3.05) is 0 Å². The Hall–Kier alpha value is -2.32. The summed E-state index contributed by atoms with van der Waals surface area (Å²) in [6, 6.07) is 6.64. The van der Waals surface area contributed by atoms with Crippen LogP contribution in [0, 0.1) is 11.8 Å². The summed E-state index contributed by atoms with van der Waals surface area (Å²) < 4.78 is 0. The van der Waals surface area contributed by atoms with Crippen LogP contribution < -0.4 is 5.32 Å². The van der Waals surface area contributed by atoms with Crippen LogP contribution >= 0.6 is 0 Å². The monoisotopic (exact) mass is 315 g/mol. The first-order valence-corrected chi connectivity index (χ1v) is 7.63. The van der Waals surface area contributed by atoms with E-state index in [1.54, 1.807) is 38.1 Å². The third-order valence-corrected chi connectivity index (χ3v) is 3.86. The normalized spacial score (nSPS) is 16.3. The fraction of sp³-hybridized carbons (Fsp3) is 0.444. The van der Waals surface area contributed by atoms with Crippen LogP contribution in [0.5, 0.6) is 0 Å². The van der Waals surface area contributed by atoms with Gasteiger partial charge in [-0.1, -0.05) is 30.7 Å². The van der Waals surface area contributed by atoms with Crippen molar-refractivity contribution in [2.24, 2.45) is 0 Å². The van der Waals surface area contributed by atoms with Crippen LogP contribution in [0.4, 0.5) is 0 Å².